The lowest BCUT2D eigenvalue weighted by atomic mass is 9.94. The molecule has 0 saturated carbocycles. The van der Waals surface area contributed by atoms with Gasteiger partial charge in [0.05, 0.1) is 0 Å². The maximum absolute atomic E-state index is 12.7. The summed E-state index contributed by atoms with van der Waals surface area (Å²) in [7, 11) is 0. The molecule has 2 aromatic carbocycles. The van der Waals surface area contributed by atoms with Crippen LogP contribution in [0.5, 0.6) is 0 Å². The summed E-state index contributed by atoms with van der Waals surface area (Å²) in [5, 5.41) is 8.04. The van der Waals surface area contributed by atoms with Crippen LogP contribution in [0.4, 0.5) is 5.13 Å². The Balaban J connectivity index is 2.01. The van der Waals surface area contributed by atoms with Crippen molar-refractivity contribution in [1.82, 2.24) is 10.3 Å². The molecule has 0 aliphatic rings. The summed E-state index contributed by atoms with van der Waals surface area (Å²) in [5.41, 5.74) is 2.45. The van der Waals surface area contributed by atoms with Crippen LogP contribution in [-0.4, -0.2) is 22.8 Å². The van der Waals surface area contributed by atoms with E-state index < -0.39 is 0 Å². The van der Waals surface area contributed by atoms with Crippen molar-refractivity contribution in [1.29, 1.82) is 0 Å². The maximum Gasteiger partial charge on any atom is 0.258 e. The molecule has 6 heteroatoms. The molecular formula is C20H19N3O2S. The van der Waals surface area contributed by atoms with Crippen molar-refractivity contribution in [2.24, 2.45) is 0 Å². The molecule has 0 radical (unpaired) electrons. The van der Waals surface area contributed by atoms with Crippen LogP contribution in [0.3, 0.4) is 0 Å². The van der Waals surface area contributed by atoms with Crippen molar-refractivity contribution in [3.8, 4) is 11.1 Å². The third kappa shape index (κ3) is 3.97. The minimum Gasteiger partial charge on any atom is -0.350 e. The number of nitrogens with one attached hydrogen (secondary N) is 2. The molecule has 0 atom stereocenters. The summed E-state index contributed by atoms with van der Waals surface area (Å²) in [6.45, 7) is 3.83. The first-order valence-electron chi connectivity index (χ1n) is 8.26. The van der Waals surface area contributed by atoms with E-state index in [1.807, 2.05) is 44.2 Å². The number of amides is 2. The van der Waals surface area contributed by atoms with Gasteiger partial charge in [-0.1, -0.05) is 36.4 Å². The Kier molecular flexibility index (Phi) is 5.43. The van der Waals surface area contributed by atoms with Crippen LogP contribution in [0, 0.1) is 0 Å². The van der Waals surface area contributed by atoms with Crippen LogP contribution in [0.25, 0.3) is 11.1 Å². The molecule has 5 nitrogen and oxygen atoms in total. The number of benzene rings is 2. The second-order valence-electron chi connectivity index (χ2n) is 6.01. The SMILES string of the molecule is CC(C)NC(=O)c1ccccc1-c1ccccc1C(=O)Nc1nccs1. The van der Waals surface area contributed by atoms with Crippen molar-refractivity contribution < 1.29 is 9.59 Å². The number of nitrogens with zero attached hydrogens (tertiary/aromatic N) is 1. The Bertz CT molecular complexity index is 920. The van der Waals surface area contributed by atoms with Crippen LogP contribution in [0.2, 0.25) is 0 Å². The molecule has 0 aliphatic carbocycles. The third-order valence-corrected chi connectivity index (χ3v) is 4.39. The second-order valence-corrected chi connectivity index (χ2v) is 6.91. The molecule has 2 N–H and O–H groups in total. The van der Waals surface area contributed by atoms with E-state index in [0.717, 1.165) is 5.56 Å². The topological polar surface area (TPSA) is 71.1 Å². The van der Waals surface area contributed by atoms with Crippen molar-refractivity contribution in [2.75, 3.05) is 5.32 Å². The molecule has 2 amide bonds. The summed E-state index contributed by atoms with van der Waals surface area (Å²) < 4.78 is 0. The zero-order valence-corrected chi connectivity index (χ0v) is 15.3. The molecule has 26 heavy (non-hydrogen) atoms. The van der Waals surface area contributed by atoms with Gasteiger partial charge in [-0.05, 0) is 37.1 Å². The number of carbonyl (C=O) groups is 2. The number of thiazole rings is 1. The standard InChI is InChI=1S/C20H19N3O2S/c1-13(2)22-18(24)16-9-5-3-7-14(16)15-8-4-6-10-17(15)19(25)23-20-21-11-12-26-20/h3-13H,1-2H3,(H,22,24)(H,21,23,25). The van der Waals surface area contributed by atoms with Gasteiger partial charge >= 0.3 is 0 Å². The molecule has 3 rings (SSSR count). The summed E-state index contributed by atoms with van der Waals surface area (Å²) in [5.74, 6) is -0.416. The highest BCUT2D eigenvalue weighted by atomic mass is 32.1. The van der Waals surface area contributed by atoms with Gasteiger partial charge in [0.15, 0.2) is 5.13 Å². The summed E-state index contributed by atoms with van der Waals surface area (Å²) in [6.07, 6.45) is 1.64. The molecule has 1 aromatic heterocycles. The monoisotopic (exact) mass is 365 g/mol. The average molecular weight is 365 g/mol. The number of anilines is 1. The highest BCUT2D eigenvalue weighted by Crippen LogP contribution is 2.28. The first-order valence-corrected chi connectivity index (χ1v) is 9.14. The average Bonchev–Trinajstić information content (AvgIpc) is 3.14. The minimum atomic E-state index is -0.255. The number of hydrogen-bond acceptors (Lipinski definition) is 4. The number of hydrogen-bond donors (Lipinski definition) is 2. The lowest BCUT2D eigenvalue weighted by molar-refractivity contribution is 0.0942. The van der Waals surface area contributed by atoms with Crippen molar-refractivity contribution >= 4 is 28.3 Å². The Morgan fingerprint density at radius 3 is 2.04 bits per heavy atom. The summed E-state index contributed by atoms with van der Waals surface area (Å²) in [6, 6.07) is 14.6. The zero-order chi connectivity index (χ0) is 18.5. The first kappa shape index (κ1) is 17.8. The van der Waals surface area contributed by atoms with E-state index in [2.05, 4.69) is 15.6 Å². The summed E-state index contributed by atoms with van der Waals surface area (Å²) in [4.78, 5) is 29.4. The fourth-order valence-corrected chi connectivity index (χ4v) is 3.15. The predicted octanol–water partition coefficient (Wildman–Crippen LogP) is 4.20. The Hall–Kier alpha value is -2.99. The highest BCUT2D eigenvalue weighted by Gasteiger charge is 2.18. The van der Waals surface area contributed by atoms with Gasteiger partial charge in [0.25, 0.3) is 11.8 Å². The molecule has 0 spiro atoms. The molecule has 0 fully saturated rings. The molecule has 1 heterocycles. The minimum absolute atomic E-state index is 0.0269. The van der Waals surface area contributed by atoms with Crippen LogP contribution in [0.1, 0.15) is 34.6 Å². The van der Waals surface area contributed by atoms with Gasteiger partial charge in [0, 0.05) is 28.7 Å². The highest BCUT2D eigenvalue weighted by molar-refractivity contribution is 7.13. The van der Waals surface area contributed by atoms with Crippen LogP contribution >= 0.6 is 11.3 Å². The van der Waals surface area contributed by atoms with Gasteiger partial charge in [0.2, 0.25) is 0 Å². The summed E-state index contributed by atoms with van der Waals surface area (Å²) >= 11 is 1.36. The van der Waals surface area contributed by atoms with Crippen LogP contribution < -0.4 is 10.6 Å². The number of aromatic nitrogens is 1. The van der Waals surface area contributed by atoms with Gasteiger partial charge < -0.3 is 5.32 Å². The van der Waals surface area contributed by atoms with Crippen molar-refractivity contribution in [3.05, 3.63) is 71.2 Å². The Morgan fingerprint density at radius 1 is 0.923 bits per heavy atom. The van der Waals surface area contributed by atoms with Crippen LogP contribution in [-0.2, 0) is 0 Å². The van der Waals surface area contributed by atoms with E-state index in [4.69, 9.17) is 0 Å². The largest absolute Gasteiger partial charge is 0.350 e. The Labute approximate surface area is 156 Å². The molecule has 0 aliphatic heterocycles. The van der Waals surface area contributed by atoms with E-state index >= 15 is 0 Å². The lowest BCUT2D eigenvalue weighted by Gasteiger charge is -2.15. The Morgan fingerprint density at radius 2 is 1.50 bits per heavy atom. The normalized spacial score (nSPS) is 10.6. The van der Waals surface area contributed by atoms with Gasteiger partial charge in [-0.15, -0.1) is 11.3 Å². The molecule has 0 saturated heterocycles. The van der Waals surface area contributed by atoms with Crippen molar-refractivity contribution in [2.45, 2.75) is 19.9 Å². The smallest absolute Gasteiger partial charge is 0.258 e. The fraction of sp³-hybridized carbons (Fsp3) is 0.150. The molecular weight excluding hydrogens is 346 g/mol. The van der Waals surface area contributed by atoms with Gasteiger partial charge in [-0.3, -0.25) is 14.9 Å². The fourth-order valence-electron chi connectivity index (χ4n) is 2.62. The van der Waals surface area contributed by atoms with Gasteiger partial charge in [0.1, 0.15) is 0 Å². The molecule has 132 valence electrons. The molecule has 0 unspecified atom stereocenters. The van der Waals surface area contributed by atoms with E-state index in [-0.39, 0.29) is 17.9 Å². The third-order valence-electron chi connectivity index (χ3n) is 3.71. The van der Waals surface area contributed by atoms with Crippen molar-refractivity contribution in [3.63, 3.8) is 0 Å². The first-order chi connectivity index (χ1) is 12.6. The predicted molar refractivity (Wildman–Crippen MR) is 105 cm³/mol. The van der Waals surface area contributed by atoms with Crippen LogP contribution in [0.15, 0.2) is 60.1 Å². The molecule has 0 bridgehead atoms. The molecule has 3 aromatic rings. The van der Waals surface area contributed by atoms with Gasteiger partial charge in [-0.2, -0.15) is 0 Å². The van der Waals surface area contributed by atoms with E-state index in [1.165, 1.54) is 11.3 Å². The van der Waals surface area contributed by atoms with E-state index in [9.17, 15) is 9.59 Å². The van der Waals surface area contributed by atoms with Gasteiger partial charge in [-0.25, -0.2) is 4.98 Å². The second kappa shape index (κ2) is 7.93. The lowest BCUT2D eigenvalue weighted by Crippen LogP contribution is -2.30. The number of carbonyl (C=O) groups excluding carboxylic acids is 2. The van der Waals surface area contributed by atoms with E-state index in [0.29, 0.717) is 21.8 Å². The number of rotatable bonds is 5. The quantitative estimate of drug-likeness (QED) is 0.712. The maximum atomic E-state index is 12.7. The van der Waals surface area contributed by atoms with E-state index in [1.54, 1.807) is 29.8 Å². The zero-order valence-electron chi connectivity index (χ0n) is 14.5.